The minimum Gasteiger partial charge on any atom is -0.385 e. The van der Waals surface area contributed by atoms with Crippen LogP contribution in [-0.2, 0) is 0 Å². The van der Waals surface area contributed by atoms with Crippen LogP contribution in [0.5, 0.6) is 0 Å². The van der Waals surface area contributed by atoms with Gasteiger partial charge in [0.25, 0.3) is 0 Å². The van der Waals surface area contributed by atoms with Crippen molar-refractivity contribution >= 4 is 0 Å². The summed E-state index contributed by atoms with van der Waals surface area (Å²) in [7, 11) is 0. The molecule has 1 aliphatic rings. The average Bonchev–Trinajstić information content (AvgIpc) is 1.77. The highest BCUT2D eigenvalue weighted by Crippen LogP contribution is 1.91. The normalized spacial score (nSPS) is 27.8. The molecule has 46 valence electrons. The third kappa shape index (κ3) is 1.15. The van der Waals surface area contributed by atoms with Crippen LogP contribution in [0.4, 0.5) is 0 Å². The number of hydrogen-bond acceptors (Lipinski definition) is 2. The van der Waals surface area contributed by atoms with Crippen molar-refractivity contribution in [1.29, 1.82) is 0 Å². The molecule has 2 N–H and O–H groups in total. The highest BCUT2D eigenvalue weighted by molar-refractivity contribution is 4.99. The van der Waals surface area contributed by atoms with Crippen molar-refractivity contribution in [3.8, 4) is 0 Å². The van der Waals surface area contributed by atoms with Crippen LogP contribution < -0.4 is 10.6 Å². The molecule has 2 nitrogen and oxygen atoms in total. The van der Waals surface area contributed by atoms with Gasteiger partial charge in [0.1, 0.15) is 0 Å². The van der Waals surface area contributed by atoms with Gasteiger partial charge in [0.15, 0.2) is 0 Å². The lowest BCUT2D eigenvalue weighted by molar-refractivity contribution is 0.557. The van der Waals surface area contributed by atoms with Crippen LogP contribution in [0, 0.1) is 0 Å². The van der Waals surface area contributed by atoms with Gasteiger partial charge in [0.05, 0.1) is 0 Å². The highest BCUT2D eigenvalue weighted by Gasteiger charge is 2.02. The van der Waals surface area contributed by atoms with Crippen LogP contribution in [0.2, 0.25) is 0 Å². The second-order valence-corrected chi connectivity index (χ2v) is 2.28. The first kappa shape index (κ1) is 5.48. The number of nitrogens with one attached hydrogen (secondary N) is 2. The van der Waals surface area contributed by atoms with Crippen LogP contribution >= 0.6 is 0 Å². The fourth-order valence-corrected chi connectivity index (χ4v) is 0.691. The third-order valence-corrected chi connectivity index (χ3v) is 1.27. The number of rotatable bonds is 0. The third-order valence-electron chi connectivity index (χ3n) is 1.27. The molecule has 0 aromatic heterocycles. The Kier molecular flexibility index (Phi) is 1.42. The summed E-state index contributed by atoms with van der Waals surface area (Å²) in [6, 6.07) is 0.582. The molecule has 0 unspecified atom stereocenters. The minimum absolute atomic E-state index is 0.582. The Bertz CT molecular complexity index is 107. The van der Waals surface area contributed by atoms with Crippen molar-refractivity contribution < 1.29 is 0 Å². The Labute approximate surface area is 50.0 Å². The Morgan fingerprint density at radius 1 is 1.75 bits per heavy atom. The number of hydrogen-bond donors (Lipinski definition) is 2. The van der Waals surface area contributed by atoms with Crippen LogP contribution in [-0.4, -0.2) is 12.6 Å². The summed E-state index contributed by atoms with van der Waals surface area (Å²) in [6.45, 7) is 5.25. The van der Waals surface area contributed by atoms with Gasteiger partial charge in [-0.25, -0.2) is 0 Å². The topological polar surface area (TPSA) is 24.1 Å². The molecule has 0 aromatic rings. The summed E-state index contributed by atoms with van der Waals surface area (Å²) in [5, 5.41) is 6.44. The van der Waals surface area contributed by atoms with Gasteiger partial charge in [0, 0.05) is 24.5 Å². The zero-order valence-corrected chi connectivity index (χ0v) is 5.36. The summed E-state index contributed by atoms with van der Waals surface area (Å²) in [6.07, 6.45) is 2.01. The zero-order chi connectivity index (χ0) is 5.98. The molecule has 0 aromatic carbocycles. The largest absolute Gasteiger partial charge is 0.385 e. The van der Waals surface area contributed by atoms with Crippen LogP contribution in [0.15, 0.2) is 11.9 Å². The predicted octanol–water partition coefficient (Wildman–Crippen LogP) is 0.429. The zero-order valence-electron chi connectivity index (χ0n) is 5.36. The molecule has 0 spiro atoms. The summed E-state index contributed by atoms with van der Waals surface area (Å²) in [5.41, 5.74) is 1.23. The van der Waals surface area contributed by atoms with Crippen molar-refractivity contribution in [2.24, 2.45) is 0 Å². The van der Waals surface area contributed by atoms with Crippen LogP contribution in [0.25, 0.3) is 0 Å². The van der Waals surface area contributed by atoms with Gasteiger partial charge in [-0.05, 0) is 13.8 Å². The minimum atomic E-state index is 0.582. The Morgan fingerprint density at radius 2 is 2.50 bits per heavy atom. The van der Waals surface area contributed by atoms with Gasteiger partial charge in [-0.3, -0.25) is 0 Å². The lowest BCUT2D eigenvalue weighted by Gasteiger charge is -2.19. The lowest BCUT2D eigenvalue weighted by atomic mass is 10.3. The molecule has 8 heavy (non-hydrogen) atoms. The first-order chi connectivity index (χ1) is 3.79. The standard InChI is InChI=1S/C6H12N2/c1-5-3-8-6(2)4-7-5/h3,6-8H,4H2,1-2H3/t6-/m0/s1. The number of allylic oxidation sites excluding steroid dienone is 1. The van der Waals surface area contributed by atoms with Crippen LogP contribution in [0.3, 0.4) is 0 Å². The lowest BCUT2D eigenvalue weighted by Crippen LogP contribution is -2.37. The van der Waals surface area contributed by atoms with E-state index in [1.165, 1.54) is 5.70 Å². The molecule has 1 rings (SSSR count). The van der Waals surface area contributed by atoms with E-state index in [0.29, 0.717) is 6.04 Å². The SMILES string of the molecule is CC1=CN[C@@H](C)CN1. The van der Waals surface area contributed by atoms with Crippen molar-refractivity contribution in [3.63, 3.8) is 0 Å². The van der Waals surface area contributed by atoms with Crippen molar-refractivity contribution in [1.82, 2.24) is 10.6 Å². The molecular formula is C6H12N2. The summed E-state index contributed by atoms with van der Waals surface area (Å²) < 4.78 is 0. The quantitative estimate of drug-likeness (QED) is 0.475. The first-order valence-electron chi connectivity index (χ1n) is 2.96. The van der Waals surface area contributed by atoms with Gasteiger partial charge in [-0.1, -0.05) is 0 Å². The summed E-state index contributed by atoms with van der Waals surface area (Å²) >= 11 is 0. The molecule has 0 aliphatic carbocycles. The maximum Gasteiger partial charge on any atom is 0.0400 e. The maximum atomic E-state index is 3.23. The van der Waals surface area contributed by atoms with E-state index in [1.807, 2.05) is 6.20 Å². The highest BCUT2D eigenvalue weighted by atomic mass is 15.0. The van der Waals surface area contributed by atoms with Gasteiger partial charge in [-0.15, -0.1) is 0 Å². The van der Waals surface area contributed by atoms with E-state index in [0.717, 1.165) is 6.54 Å². The maximum absolute atomic E-state index is 3.23. The van der Waals surface area contributed by atoms with Gasteiger partial charge in [0.2, 0.25) is 0 Å². The van der Waals surface area contributed by atoms with E-state index in [2.05, 4.69) is 24.5 Å². The fraction of sp³-hybridized carbons (Fsp3) is 0.667. The Morgan fingerprint density at radius 3 is 2.88 bits per heavy atom. The van der Waals surface area contributed by atoms with Gasteiger partial charge < -0.3 is 10.6 Å². The molecule has 0 saturated carbocycles. The van der Waals surface area contributed by atoms with Crippen molar-refractivity contribution in [2.45, 2.75) is 19.9 Å². The molecule has 0 radical (unpaired) electrons. The molecule has 0 amide bonds. The smallest absolute Gasteiger partial charge is 0.0400 e. The molecule has 1 aliphatic heterocycles. The first-order valence-corrected chi connectivity index (χ1v) is 2.96. The van der Waals surface area contributed by atoms with Crippen molar-refractivity contribution in [3.05, 3.63) is 11.9 Å². The molecule has 1 heterocycles. The molecule has 1 atom stereocenters. The fourth-order valence-electron chi connectivity index (χ4n) is 0.691. The average molecular weight is 112 g/mol. The predicted molar refractivity (Wildman–Crippen MR) is 34.4 cm³/mol. The van der Waals surface area contributed by atoms with E-state index < -0.39 is 0 Å². The molecule has 0 fully saturated rings. The Hall–Kier alpha value is -0.660. The van der Waals surface area contributed by atoms with Crippen LogP contribution in [0.1, 0.15) is 13.8 Å². The molecular weight excluding hydrogens is 100 g/mol. The van der Waals surface area contributed by atoms with Gasteiger partial charge >= 0.3 is 0 Å². The summed E-state index contributed by atoms with van der Waals surface area (Å²) in [5.74, 6) is 0. The Balaban J connectivity index is 2.42. The second-order valence-electron chi connectivity index (χ2n) is 2.28. The second kappa shape index (κ2) is 2.07. The van der Waals surface area contributed by atoms with E-state index in [9.17, 15) is 0 Å². The monoisotopic (exact) mass is 112 g/mol. The molecule has 0 saturated heterocycles. The molecule has 0 bridgehead atoms. The van der Waals surface area contributed by atoms with Crippen molar-refractivity contribution in [2.75, 3.05) is 6.54 Å². The summed E-state index contributed by atoms with van der Waals surface area (Å²) in [4.78, 5) is 0. The van der Waals surface area contributed by atoms with E-state index >= 15 is 0 Å². The van der Waals surface area contributed by atoms with E-state index in [4.69, 9.17) is 0 Å². The van der Waals surface area contributed by atoms with E-state index in [1.54, 1.807) is 0 Å². The molecule has 2 heteroatoms. The van der Waals surface area contributed by atoms with E-state index in [-0.39, 0.29) is 0 Å². The van der Waals surface area contributed by atoms with Gasteiger partial charge in [-0.2, -0.15) is 0 Å².